The number of anilines is 2. The molecule has 0 saturated carbocycles. The van der Waals surface area contributed by atoms with Gasteiger partial charge in [-0.1, -0.05) is 12.1 Å². The highest BCUT2D eigenvalue weighted by atomic mass is 16.5. The van der Waals surface area contributed by atoms with Crippen LogP contribution < -0.4 is 26.0 Å². The maximum absolute atomic E-state index is 13.1. The number of ether oxygens (including phenoxy) is 1. The van der Waals surface area contributed by atoms with Gasteiger partial charge in [0.25, 0.3) is 11.8 Å². The Bertz CT molecular complexity index is 1210. The third-order valence-corrected chi connectivity index (χ3v) is 6.00. The molecule has 2 aliphatic heterocycles. The van der Waals surface area contributed by atoms with Gasteiger partial charge in [-0.2, -0.15) is 0 Å². The minimum atomic E-state index is -1.00. The van der Waals surface area contributed by atoms with Crippen molar-refractivity contribution in [1.82, 2.24) is 15.5 Å². The monoisotopic (exact) mass is 493 g/mol. The number of carbonyl (C=O) groups excluding carboxylic acids is 5. The Morgan fingerprint density at radius 2 is 1.83 bits per heavy atom. The lowest BCUT2D eigenvalue weighted by Crippen LogP contribution is -2.54. The largest absolute Gasteiger partial charge is 0.497 e. The van der Waals surface area contributed by atoms with Gasteiger partial charge < -0.3 is 20.7 Å². The van der Waals surface area contributed by atoms with Crippen LogP contribution in [0.15, 0.2) is 42.5 Å². The minimum Gasteiger partial charge on any atom is -0.497 e. The standard InChI is InChI=1S/C25H27N5O6/c1-36-16-7-4-6-15(14-16)28-25(35)27-13-3-2-12-26-18-9-5-8-17-21(18)24(34)30(23(17)33)19-10-11-20(31)29-22(19)32/h4-9,14,19,26H,2-3,10-13H2,1H3,(H2,27,28,35)(H,29,31,32). The lowest BCUT2D eigenvalue weighted by atomic mass is 10.0. The summed E-state index contributed by atoms with van der Waals surface area (Å²) >= 11 is 0. The number of hydrogen-bond donors (Lipinski definition) is 4. The number of imide groups is 2. The van der Waals surface area contributed by atoms with Crippen molar-refractivity contribution >= 4 is 41.0 Å². The van der Waals surface area contributed by atoms with E-state index in [1.165, 1.54) is 0 Å². The Balaban J connectivity index is 1.26. The number of nitrogens with zero attached hydrogens (tertiary/aromatic N) is 1. The number of methoxy groups -OCH3 is 1. The molecule has 2 aliphatic rings. The topological polar surface area (TPSA) is 146 Å². The van der Waals surface area contributed by atoms with Crippen molar-refractivity contribution in [3.05, 3.63) is 53.6 Å². The number of benzene rings is 2. The fourth-order valence-corrected chi connectivity index (χ4v) is 4.21. The maximum Gasteiger partial charge on any atom is 0.319 e. The summed E-state index contributed by atoms with van der Waals surface area (Å²) in [5, 5.41) is 10.9. The molecule has 6 amide bonds. The number of unbranched alkanes of at least 4 members (excludes halogenated alkanes) is 1. The molecule has 1 unspecified atom stereocenters. The van der Waals surface area contributed by atoms with E-state index in [0.717, 1.165) is 4.90 Å². The van der Waals surface area contributed by atoms with Crippen LogP contribution in [-0.4, -0.2) is 60.8 Å². The van der Waals surface area contributed by atoms with Crippen LogP contribution in [0.25, 0.3) is 0 Å². The molecule has 11 nitrogen and oxygen atoms in total. The van der Waals surface area contributed by atoms with E-state index >= 15 is 0 Å². The molecule has 0 bridgehead atoms. The molecule has 11 heteroatoms. The van der Waals surface area contributed by atoms with E-state index in [4.69, 9.17) is 4.74 Å². The molecule has 4 N–H and O–H groups in total. The predicted octanol–water partition coefficient (Wildman–Crippen LogP) is 2.11. The highest BCUT2D eigenvalue weighted by molar-refractivity contribution is 6.25. The molecule has 2 heterocycles. The molecule has 0 aromatic heterocycles. The van der Waals surface area contributed by atoms with Gasteiger partial charge in [-0.05, 0) is 43.5 Å². The summed E-state index contributed by atoms with van der Waals surface area (Å²) in [5.41, 5.74) is 1.58. The first-order valence-electron chi connectivity index (χ1n) is 11.7. The summed E-state index contributed by atoms with van der Waals surface area (Å²) in [6.45, 7) is 0.959. The number of urea groups is 1. The van der Waals surface area contributed by atoms with E-state index in [9.17, 15) is 24.0 Å². The van der Waals surface area contributed by atoms with E-state index in [2.05, 4.69) is 21.3 Å². The van der Waals surface area contributed by atoms with Crippen molar-refractivity contribution in [1.29, 1.82) is 0 Å². The molecule has 2 aromatic rings. The summed E-state index contributed by atoms with van der Waals surface area (Å²) in [7, 11) is 1.55. The lowest BCUT2D eigenvalue weighted by Gasteiger charge is -2.27. The van der Waals surface area contributed by atoms with Gasteiger partial charge >= 0.3 is 6.03 Å². The van der Waals surface area contributed by atoms with Crippen LogP contribution in [-0.2, 0) is 9.59 Å². The van der Waals surface area contributed by atoms with Crippen molar-refractivity contribution in [3.63, 3.8) is 0 Å². The number of carbonyl (C=O) groups is 5. The van der Waals surface area contributed by atoms with Crippen LogP contribution in [0.5, 0.6) is 5.75 Å². The average molecular weight is 494 g/mol. The van der Waals surface area contributed by atoms with E-state index in [1.54, 1.807) is 49.6 Å². The van der Waals surface area contributed by atoms with Crippen LogP contribution in [0.4, 0.5) is 16.2 Å². The fourth-order valence-electron chi connectivity index (χ4n) is 4.21. The molecular weight excluding hydrogens is 466 g/mol. The summed E-state index contributed by atoms with van der Waals surface area (Å²) in [6, 6.07) is 10.6. The third-order valence-electron chi connectivity index (χ3n) is 6.00. The molecule has 2 aromatic carbocycles. The van der Waals surface area contributed by atoms with Crippen LogP contribution in [0.2, 0.25) is 0 Å². The third kappa shape index (κ3) is 5.29. The van der Waals surface area contributed by atoms with E-state index in [1.807, 2.05) is 0 Å². The number of piperidine rings is 1. The average Bonchev–Trinajstić information content (AvgIpc) is 3.12. The molecule has 4 rings (SSSR count). The number of nitrogens with one attached hydrogen (secondary N) is 4. The minimum absolute atomic E-state index is 0.0700. The molecule has 0 radical (unpaired) electrons. The number of rotatable bonds is 9. The Hall–Kier alpha value is -4.41. The molecule has 1 saturated heterocycles. The van der Waals surface area contributed by atoms with Gasteiger partial charge in [0.05, 0.1) is 18.2 Å². The van der Waals surface area contributed by atoms with Crippen molar-refractivity contribution in [2.75, 3.05) is 30.8 Å². The van der Waals surface area contributed by atoms with Crippen LogP contribution >= 0.6 is 0 Å². The van der Waals surface area contributed by atoms with E-state index in [-0.39, 0.29) is 30.0 Å². The van der Waals surface area contributed by atoms with E-state index < -0.39 is 29.7 Å². The maximum atomic E-state index is 13.1. The number of fused-ring (bicyclic) bond motifs is 1. The predicted molar refractivity (Wildman–Crippen MR) is 131 cm³/mol. The van der Waals surface area contributed by atoms with Gasteiger partial charge in [0.15, 0.2) is 0 Å². The molecule has 0 aliphatic carbocycles. The lowest BCUT2D eigenvalue weighted by molar-refractivity contribution is -0.136. The first-order chi connectivity index (χ1) is 17.4. The number of hydrogen-bond acceptors (Lipinski definition) is 7. The molecule has 1 fully saturated rings. The van der Waals surface area contributed by atoms with Crippen LogP contribution in [0.3, 0.4) is 0 Å². The highest BCUT2D eigenvalue weighted by Crippen LogP contribution is 2.32. The quantitative estimate of drug-likeness (QED) is 0.309. The first-order valence-corrected chi connectivity index (χ1v) is 11.7. The van der Waals surface area contributed by atoms with Crippen molar-refractivity contribution in [2.45, 2.75) is 31.7 Å². The van der Waals surface area contributed by atoms with Gasteiger partial charge in [0.2, 0.25) is 11.8 Å². The van der Waals surface area contributed by atoms with Gasteiger partial charge in [-0.15, -0.1) is 0 Å². The molecule has 188 valence electrons. The normalized spacial score (nSPS) is 16.9. The van der Waals surface area contributed by atoms with Crippen LogP contribution in [0.1, 0.15) is 46.4 Å². The zero-order valence-electron chi connectivity index (χ0n) is 19.8. The second-order valence-electron chi connectivity index (χ2n) is 8.42. The van der Waals surface area contributed by atoms with Gasteiger partial charge in [0.1, 0.15) is 11.8 Å². The van der Waals surface area contributed by atoms with Gasteiger partial charge in [-0.25, -0.2) is 4.79 Å². The zero-order valence-corrected chi connectivity index (χ0v) is 19.8. The van der Waals surface area contributed by atoms with Crippen molar-refractivity contribution < 1.29 is 28.7 Å². The van der Waals surface area contributed by atoms with E-state index in [0.29, 0.717) is 43.1 Å². The fraction of sp³-hybridized carbons (Fsp3) is 0.320. The SMILES string of the molecule is COc1cccc(NC(=O)NCCCCNc2cccc3c2C(=O)N(C2CCC(=O)NC2=O)C3=O)c1. The van der Waals surface area contributed by atoms with Crippen LogP contribution in [0, 0.1) is 0 Å². The zero-order chi connectivity index (χ0) is 25.7. The summed E-state index contributed by atoms with van der Waals surface area (Å²) in [4.78, 5) is 62.7. The second-order valence-corrected chi connectivity index (χ2v) is 8.42. The molecule has 36 heavy (non-hydrogen) atoms. The second kappa shape index (κ2) is 10.9. The summed E-state index contributed by atoms with van der Waals surface area (Å²) in [6.07, 6.45) is 1.56. The first kappa shape index (κ1) is 24.7. The Kier molecular flexibility index (Phi) is 7.47. The van der Waals surface area contributed by atoms with Gasteiger partial charge in [0, 0.05) is 37.0 Å². The summed E-state index contributed by atoms with van der Waals surface area (Å²) in [5.74, 6) is -1.50. The highest BCUT2D eigenvalue weighted by Gasteiger charge is 2.45. The number of amides is 6. The Morgan fingerprint density at radius 3 is 2.61 bits per heavy atom. The molecular formula is C25H27N5O6. The molecule has 1 atom stereocenters. The van der Waals surface area contributed by atoms with Crippen molar-refractivity contribution in [3.8, 4) is 5.75 Å². The van der Waals surface area contributed by atoms with Crippen molar-refractivity contribution in [2.24, 2.45) is 0 Å². The smallest absolute Gasteiger partial charge is 0.319 e. The Labute approximate surface area is 207 Å². The van der Waals surface area contributed by atoms with Gasteiger partial charge in [-0.3, -0.25) is 29.4 Å². The molecule has 0 spiro atoms. The Morgan fingerprint density at radius 1 is 1.06 bits per heavy atom. The summed E-state index contributed by atoms with van der Waals surface area (Å²) < 4.78 is 5.13.